The zero-order chi connectivity index (χ0) is 12.3. The fraction of sp³-hybridized carbons (Fsp3) is 0.417. The molecule has 1 N–H and O–H groups in total. The molecule has 0 atom stereocenters. The number of hydrogen-bond acceptors (Lipinski definition) is 4. The zero-order valence-corrected chi connectivity index (χ0v) is 9.33. The molecule has 0 radical (unpaired) electrons. The molecule has 0 unspecified atom stereocenters. The topological polar surface area (TPSA) is 77.2 Å². The van der Waals surface area contributed by atoms with E-state index in [0.717, 1.165) is 5.69 Å². The minimum absolute atomic E-state index is 0.256. The molecule has 1 fully saturated rings. The van der Waals surface area contributed by atoms with E-state index < -0.39 is 5.97 Å². The van der Waals surface area contributed by atoms with Crippen molar-refractivity contribution in [2.75, 3.05) is 18.0 Å². The average Bonchev–Trinajstić information content (AvgIpc) is 2.39. The predicted molar refractivity (Wildman–Crippen MR) is 61.5 cm³/mol. The molecular weight excluding hydrogens is 218 g/mol. The largest absolute Gasteiger partial charge is 0.481 e. The van der Waals surface area contributed by atoms with Crippen LogP contribution in [0.15, 0.2) is 18.3 Å². The minimum Gasteiger partial charge on any atom is -0.481 e. The van der Waals surface area contributed by atoms with Gasteiger partial charge in [-0.2, -0.15) is 5.26 Å². The molecule has 2 rings (SSSR count). The Hall–Kier alpha value is -2.09. The van der Waals surface area contributed by atoms with Gasteiger partial charge in [0.05, 0.1) is 11.6 Å². The second-order valence-corrected chi connectivity index (χ2v) is 4.08. The Kier molecular flexibility index (Phi) is 3.24. The molecular formula is C12H13N3O2. The first-order chi connectivity index (χ1) is 8.22. The van der Waals surface area contributed by atoms with Crippen molar-refractivity contribution in [3.05, 3.63) is 24.0 Å². The van der Waals surface area contributed by atoms with Gasteiger partial charge in [0.15, 0.2) is 5.69 Å². The molecule has 2 heterocycles. The Morgan fingerprint density at radius 1 is 1.53 bits per heavy atom. The molecule has 0 saturated carbocycles. The highest BCUT2D eigenvalue weighted by Crippen LogP contribution is 2.24. The van der Waals surface area contributed by atoms with Crippen LogP contribution >= 0.6 is 0 Å². The van der Waals surface area contributed by atoms with Crippen molar-refractivity contribution < 1.29 is 9.90 Å². The molecule has 0 spiro atoms. The van der Waals surface area contributed by atoms with Crippen LogP contribution in [0.4, 0.5) is 5.69 Å². The number of carbonyl (C=O) groups is 1. The van der Waals surface area contributed by atoms with Gasteiger partial charge in [-0.3, -0.25) is 4.79 Å². The lowest BCUT2D eigenvalue weighted by molar-refractivity contribution is -0.142. The van der Waals surface area contributed by atoms with Crippen LogP contribution in [0.5, 0.6) is 0 Å². The number of aliphatic carboxylic acids is 1. The zero-order valence-electron chi connectivity index (χ0n) is 9.33. The van der Waals surface area contributed by atoms with Crippen LogP contribution in [-0.4, -0.2) is 29.1 Å². The van der Waals surface area contributed by atoms with E-state index in [0.29, 0.717) is 31.6 Å². The van der Waals surface area contributed by atoms with Gasteiger partial charge in [-0.05, 0) is 25.0 Å². The van der Waals surface area contributed by atoms with Crippen LogP contribution in [0.3, 0.4) is 0 Å². The second-order valence-electron chi connectivity index (χ2n) is 4.08. The molecule has 1 aromatic heterocycles. The maximum Gasteiger partial charge on any atom is 0.306 e. The van der Waals surface area contributed by atoms with Gasteiger partial charge in [0, 0.05) is 19.3 Å². The summed E-state index contributed by atoms with van der Waals surface area (Å²) in [6.45, 7) is 1.33. The fourth-order valence-electron chi connectivity index (χ4n) is 2.11. The number of aromatic nitrogens is 1. The number of piperidine rings is 1. The average molecular weight is 231 g/mol. The van der Waals surface area contributed by atoms with E-state index >= 15 is 0 Å². The third kappa shape index (κ3) is 2.36. The third-order valence-corrected chi connectivity index (χ3v) is 3.08. The molecule has 0 aromatic carbocycles. The Balaban J connectivity index is 2.11. The number of carboxylic acids is 1. The molecule has 1 aromatic rings. The van der Waals surface area contributed by atoms with Crippen molar-refractivity contribution in [3.8, 4) is 6.07 Å². The highest BCUT2D eigenvalue weighted by molar-refractivity contribution is 5.70. The van der Waals surface area contributed by atoms with Crippen molar-refractivity contribution in [2.45, 2.75) is 12.8 Å². The molecule has 1 saturated heterocycles. The van der Waals surface area contributed by atoms with Gasteiger partial charge in [0.1, 0.15) is 6.07 Å². The molecule has 88 valence electrons. The van der Waals surface area contributed by atoms with Crippen LogP contribution in [0.25, 0.3) is 0 Å². The lowest BCUT2D eigenvalue weighted by Gasteiger charge is -2.32. The number of nitriles is 1. The standard InChI is InChI=1S/C12H13N3O2/c13-8-10-11(2-1-5-14-10)15-6-3-9(4-7-15)12(16)17/h1-2,5,9H,3-4,6-7H2,(H,16,17). The normalized spacial score (nSPS) is 16.5. The Bertz CT molecular complexity index is 459. The first-order valence-electron chi connectivity index (χ1n) is 5.55. The first kappa shape index (κ1) is 11.4. The molecule has 5 heteroatoms. The molecule has 1 aliphatic rings. The van der Waals surface area contributed by atoms with E-state index in [-0.39, 0.29) is 5.92 Å². The lowest BCUT2D eigenvalue weighted by atomic mass is 9.96. The minimum atomic E-state index is -0.726. The first-order valence-corrected chi connectivity index (χ1v) is 5.55. The van der Waals surface area contributed by atoms with Crippen LogP contribution < -0.4 is 4.90 Å². The van der Waals surface area contributed by atoms with Crippen molar-refractivity contribution in [1.29, 1.82) is 5.26 Å². The van der Waals surface area contributed by atoms with Crippen LogP contribution in [0, 0.1) is 17.2 Å². The number of pyridine rings is 1. The van der Waals surface area contributed by atoms with E-state index in [4.69, 9.17) is 10.4 Å². The summed E-state index contributed by atoms with van der Waals surface area (Å²) in [5.74, 6) is -0.982. The molecule has 5 nitrogen and oxygen atoms in total. The number of nitrogens with zero attached hydrogens (tertiary/aromatic N) is 3. The lowest BCUT2D eigenvalue weighted by Crippen LogP contribution is -2.36. The smallest absolute Gasteiger partial charge is 0.306 e. The molecule has 17 heavy (non-hydrogen) atoms. The quantitative estimate of drug-likeness (QED) is 0.829. The number of hydrogen-bond donors (Lipinski definition) is 1. The number of anilines is 1. The fourth-order valence-corrected chi connectivity index (χ4v) is 2.11. The SMILES string of the molecule is N#Cc1ncccc1N1CCC(C(=O)O)CC1. The summed E-state index contributed by atoms with van der Waals surface area (Å²) >= 11 is 0. The summed E-state index contributed by atoms with van der Waals surface area (Å²) < 4.78 is 0. The van der Waals surface area contributed by atoms with Crippen LogP contribution in [-0.2, 0) is 4.79 Å². The molecule has 1 aliphatic heterocycles. The summed E-state index contributed by atoms with van der Waals surface area (Å²) in [4.78, 5) is 16.9. The van der Waals surface area contributed by atoms with E-state index in [1.807, 2.05) is 11.0 Å². The molecule has 0 amide bonds. The summed E-state index contributed by atoms with van der Waals surface area (Å²) in [6.07, 6.45) is 2.83. The van der Waals surface area contributed by atoms with Gasteiger partial charge in [0.25, 0.3) is 0 Å². The predicted octanol–water partition coefficient (Wildman–Crippen LogP) is 1.25. The van der Waals surface area contributed by atoms with Gasteiger partial charge in [-0.15, -0.1) is 0 Å². The van der Waals surface area contributed by atoms with E-state index in [2.05, 4.69) is 11.1 Å². The number of rotatable bonds is 2. The van der Waals surface area contributed by atoms with Gasteiger partial charge in [-0.1, -0.05) is 0 Å². The Morgan fingerprint density at radius 3 is 2.82 bits per heavy atom. The summed E-state index contributed by atoms with van der Waals surface area (Å²) in [5.41, 5.74) is 1.21. The van der Waals surface area contributed by atoms with Gasteiger partial charge >= 0.3 is 5.97 Å². The highest BCUT2D eigenvalue weighted by Gasteiger charge is 2.25. The van der Waals surface area contributed by atoms with Crippen molar-refractivity contribution in [2.24, 2.45) is 5.92 Å². The van der Waals surface area contributed by atoms with Crippen LogP contribution in [0.1, 0.15) is 18.5 Å². The van der Waals surface area contributed by atoms with Crippen molar-refractivity contribution in [1.82, 2.24) is 4.98 Å². The summed E-state index contributed by atoms with van der Waals surface area (Å²) in [7, 11) is 0. The molecule has 0 bridgehead atoms. The van der Waals surface area contributed by atoms with Gasteiger partial charge in [0.2, 0.25) is 0 Å². The summed E-state index contributed by atoms with van der Waals surface area (Å²) in [6, 6.07) is 5.70. The monoisotopic (exact) mass is 231 g/mol. The van der Waals surface area contributed by atoms with Crippen LogP contribution in [0.2, 0.25) is 0 Å². The van der Waals surface area contributed by atoms with Crippen molar-refractivity contribution in [3.63, 3.8) is 0 Å². The highest BCUT2D eigenvalue weighted by atomic mass is 16.4. The van der Waals surface area contributed by atoms with E-state index in [9.17, 15) is 4.79 Å². The maximum atomic E-state index is 10.8. The third-order valence-electron chi connectivity index (χ3n) is 3.08. The van der Waals surface area contributed by atoms with Gasteiger partial charge in [-0.25, -0.2) is 4.98 Å². The Labute approximate surface area is 99.3 Å². The Morgan fingerprint density at radius 2 is 2.24 bits per heavy atom. The number of carboxylic acid groups (broad SMARTS) is 1. The summed E-state index contributed by atoms with van der Waals surface area (Å²) in [5, 5.41) is 17.9. The van der Waals surface area contributed by atoms with Crippen molar-refractivity contribution >= 4 is 11.7 Å². The van der Waals surface area contributed by atoms with Gasteiger partial charge < -0.3 is 10.0 Å². The van der Waals surface area contributed by atoms with E-state index in [1.165, 1.54) is 0 Å². The second kappa shape index (κ2) is 4.83. The molecule has 0 aliphatic carbocycles. The maximum absolute atomic E-state index is 10.8. The van der Waals surface area contributed by atoms with E-state index in [1.54, 1.807) is 12.3 Å².